The minimum atomic E-state index is -3.56. The average Bonchev–Trinajstić information content (AvgIpc) is 2.87. The number of aromatic amines is 1. The highest BCUT2D eigenvalue weighted by Crippen LogP contribution is 2.32. The number of aryl methyl sites for hydroxylation is 2. The first-order chi connectivity index (χ1) is 10.9. The molecule has 0 saturated heterocycles. The van der Waals surface area contributed by atoms with Crippen molar-refractivity contribution in [3.05, 3.63) is 58.1 Å². The monoisotopic (exact) mass is 503 g/mol. The zero-order valence-electron chi connectivity index (χ0n) is 12.4. The van der Waals surface area contributed by atoms with Crippen LogP contribution >= 0.6 is 38.5 Å². The van der Waals surface area contributed by atoms with Crippen molar-refractivity contribution in [1.29, 1.82) is 0 Å². The van der Waals surface area contributed by atoms with Crippen molar-refractivity contribution < 1.29 is 8.42 Å². The van der Waals surface area contributed by atoms with E-state index in [1.807, 2.05) is 37.3 Å². The van der Waals surface area contributed by atoms with Gasteiger partial charge in [0.1, 0.15) is 5.03 Å². The lowest BCUT2D eigenvalue weighted by atomic mass is 10.1. The molecule has 1 heterocycles. The van der Waals surface area contributed by atoms with Gasteiger partial charge in [-0.05, 0) is 49.2 Å². The minimum Gasteiger partial charge on any atom is -0.345 e. The normalized spacial score (nSPS) is 12.0. The number of halogens is 2. The first-order valence-electron chi connectivity index (χ1n) is 7.11. The fraction of sp³-hybridized carbons (Fsp3) is 0.176. The van der Waals surface area contributed by atoms with Gasteiger partial charge in [0.2, 0.25) is 9.84 Å². The highest BCUT2D eigenvalue weighted by molar-refractivity contribution is 14.1. The first kappa shape index (κ1) is 17.0. The molecule has 0 radical (unpaired) electrons. The maximum atomic E-state index is 13.0. The molecule has 3 nitrogen and oxygen atoms in total. The van der Waals surface area contributed by atoms with Crippen LogP contribution in [0.4, 0.5) is 0 Å². The van der Waals surface area contributed by atoms with E-state index in [-0.39, 0.29) is 0 Å². The molecule has 0 fully saturated rings. The quantitative estimate of drug-likeness (QED) is 0.400. The largest absolute Gasteiger partial charge is 0.345 e. The Bertz CT molecular complexity index is 962. The molecule has 6 heteroatoms. The first-order valence-corrected chi connectivity index (χ1v) is 10.9. The topological polar surface area (TPSA) is 49.9 Å². The van der Waals surface area contributed by atoms with Crippen molar-refractivity contribution in [2.75, 3.05) is 4.43 Å². The van der Waals surface area contributed by atoms with Crippen molar-refractivity contribution in [1.82, 2.24) is 4.98 Å². The van der Waals surface area contributed by atoms with Crippen LogP contribution in [-0.2, 0) is 16.3 Å². The van der Waals surface area contributed by atoms with Gasteiger partial charge in [-0.1, -0.05) is 56.2 Å². The highest BCUT2D eigenvalue weighted by Gasteiger charge is 2.25. The summed E-state index contributed by atoms with van der Waals surface area (Å²) < 4.78 is 27.9. The van der Waals surface area contributed by atoms with Crippen LogP contribution in [0, 0.1) is 6.92 Å². The molecule has 23 heavy (non-hydrogen) atoms. The Kier molecular flexibility index (Phi) is 4.85. The van der Waals surface area contributed by atoms with Crippen LogP contribution in [0.2, 0.25) is 0 Å². The number of nitrogens with one attached hydrogen (secondary N) is 1. The summed E-state index contributed by atoms with van der Waals surface area (Å²) in [6.45, 7) is 1.94. The molecule has 0 aliphatic carbocycles. The Balaban J connectivity index is 2.25. The van der Waals surface area contributed by atoms with Crippen molar-refractivity contribution in [3.8, 4) is 0 Å². The van der Waals surface area contributed by atoms with Crippen molar-refractivity contribution in [3.63, 3.8) is 0 Å². The molecule has 0 bridgehead atoms. The summed E-state index contributed by atoms with van der Waals surface area (Å²) in [4.78, 5) is 3.44. The molecule has 0 aliphatic rings. The van der Waals surface area contributed by atoms with E-state index in [2.05, 4.69) is 43.5 Å². The van der Waals surface area contributed by atoms with E-state index in [1.165, 1.54) is 0 Å². The second kappa shape index (κ2) is 6.57. The van der Waals surface area contributed by atoms with Crippen molar-refractivity contribution >= 4 is 59.3 Å². The van der Waals surface area contributed by atoms with Crippen LogP contribution in [0.3, 0.4) is 0 Å². The lowest BCUT2D eigenvalue weighted by molar-refractivity contribution is 0.592. The van der Waals surface area contributed by atoms with Crippen LogP contribution < -0.4 is 0 Å². The third kappa shape index (κ3) is 3.21. The summed E-state index contributed by atoms with van der Waals surface area (Å²) in [5, 5.41) is 1.27. The van der Waals surface area contributed by atoms with Gasteiger partial charge in [0.15, 0.2) is 0 Å². The smallest absolute Gasteiger partial charge is 0.222 e. The summed E-state index contributed by atoms with van der Waals surface area (Å²) in [5.41, 5.74) is 2.74. The van der Waals surface area contributed by atoms with Gasteiger partial charge < -0.3 is 4.98 Å². The van der Waals surface area contributed by atoms with Crippen LogP contribution in [-0.4, -0.2) is 17.8 Å². The number of sulfone groups is 1. The van der Waals surface area contributed by atoms with E-state index in [4.69, 9.17) is 0 Å². The molecule has 1 N–H and O–H groups in total. The molecule has 0 atom stereocenters. The Morgan fingerprint density at radius 1 is 1.13 bits per heavy atom. The standard InChI is InChI=1S/C17H15BrINO2S/c1-11-2-5-13(6-3-11)23(21,22)17-14(8-9-19)15-10-12(18)4-7-16(15)20-17/h2-7,10,20H,8-9H2,1H3. The van der Waals surface area contributed by atoms with E-state index in [0.717, 1.165) is 30.9 Å². The van der Waals surface area contributed by atoms with Crippen LogP contribution in [0.15, 0.2) is 56.9 Å². The maximum Gasteiger partial charge on any atom is 0.222 e. The zero-order valence-corrected chi connectivity index (χ0v) is 17.0. The maximum absolute atomic E-state index is 13.0. The lowest BCUT2D eigenvalue weighted by Gasteiger charge is -2.06. The Hall–Kier alpha value is -0.860. The number of rotatable bonds is 4. The number of alkyl halides is 1. The van der Waals surface area contributed by atoms with Crippen LogP contribution in [0.25, 0.3) is 10.9 Å². The Morgan fingerprint density at radius 2 is 1.83 bits per heavy atom. The van der Waals surface area contributed by atoms with Gasteiger partial charge in [-0.2, -0.15) is 0 Å². The third-order valence-corrected chi connectivity index (χ3v) is 6.58. The molecule has 1 aromatic heterocycles. The van der Waals surface area contributed by atoms with Gasteiger partial charge in [-0.15, -0.1) is 0 Å². The average molecular weight is 504 g/mol. The number of aromatic nitrogens is 1. The van der Waals surface area contributed by atoms with Crippen molar-refractivity contribution in [2.45, 2.75) is 23.3 Å². The van der Waals surface area contributed by atoms with Gasteiger partial charge in [0, 0.05) is 19.8 Å². The van der Waals surface area contributed by atoms with E-state index in [1.54, 1.807) is 12.1 Å². The number of hydrogen-bond donors (Lipinski definition) is 1. The predicted octanol–water partition coefficient (Wildman–Crippen LogP) is 5.05. The summed E-state index contributed by atoms with van der Waals surface area (Å²) in [5.74, 6) is 0. The van der Waals surface area contributed by atoms with E-state index < -0.39 is 9.84 Å². The van der Waals surface area contributed by atoms with Gasteiger partial charge in [0.05, 0.1) is 4.90 Å². The van der Waals surface area contributed by atoms with Gasteiger partial charge in [-0.3, -0.25) is 0 Å². The van der Waals surface area contributed by atoms with E-state index in [0.29, 0.717) is 16.3 Å². The van der Waals surface area contributed by atoms with E-state index in [9.17, 15) is 8.42 Å². The summed E-state index contributed by atoms with van der Waals surface area (Å²) in [6.07, 6.45) is 0.706. The minimum absolute atomic E-state index is 0.311. The molecule has 0 aliphatic heterocycles. The number of benzene rings is 2. The fourth-order valence-corrected chi connectivity index (χ4v) is 5.01. The number of H-pyrrole nitrogens is 1. The lowest BCUT2D eigenvalue weighted by Crippen LogP contribution is -2.06. The third-order valence-electron chi connectivity index (χ3n) is 3.77. The Labute approximate surface area is 157 Å². The molecule has 0 saturated carbocycles. The van der Waals surface area contributed by atoms with Crippen LogP contribution in [0.5, 0.6) is 0 Å². The van der Waals surface area contributed by atoms with Crippen LogP contribution in [0.1, 0.15) is 11.1 Å². The molecule has 0 unspecified atom stereocenters. The molecular formula is C17H15BrINO2S. The van der Waals surface area contributed by atoms with Gasteiger partial charge in [-0.25, -0.2) is 8.42 Å². The Morgan fingerprint density at radius 3 is 2.48 bits per heavy atom. The number of hydrogen-bond acceptors (Lipinski definition) is 2. The molecule has 120 valence electrons. The SMILES string of the molecule is Cc1ccc(S(=O)(=O)c2[nH]c3ccc(Br)cc3c2CCI)cc1. The second-order valence-electron chi connectivity index (χ2n) is 5.38. The molecule has 0 spiro atoms. The molecule has 3 rings (SSSR count). The predicted molar refractivity (Wildman–Crippen MR) is 105 cm³/mol. The molecular weight excluding hydrogens is 489 g/mol. The number of fused-ring (bicyclic) bond motifs is 1. The molecule has 3 aromatic rings. The summed E-state index contributed by atoms with van der Waals surface area (Å²) in [7, 11) is -3.56. The zero-order chi connectivity index (χ0) is 16.6. The van der Waals surface area contributed by atoms with Gasteiger partial charge in [0.25, 0.3) is 0 Å². The summed E-state index contributed by atoms with van der Waals surface area (Å²) in [6, 6.07) is 12.8. The van der Waals surface area contributed by atoms with E-state index >= 15 is 0 Å². The van der Waals surface area contributed by atoms with Crippen molar-refractivity contribution in [2.24, 2.45) is 0 Å². The second-order valence-corrected chi connectivity index (χ2v) is 9.26. The molecule has 2 aromatic carbocycles. The molecule has 0 amide bonds. The summed E-state index contributed by atoms with van der Waals surface area (Å²) >= 11 is 5.74. The van der Waals surface area contributed by atoms with Gasteiger partial charge >= 0.3 is 0 Å². The fourth-order valence-electron chi connectivity index (χ4n) is 2.60. The highest BCUT2D eigenvalue weighted by atomic mass is 127.